The fraction of sp³-hybridized carbons (Fsp3) is 0.435. The van der Waals surface area contributed by atoms with E-state index in [9.17, 15) is 35.9 Å². The van der Waals surface area contributed by atoms with E-state index >= 15 is 0 Å². The molecule has 1 aromatic heterocycles. The lowest BCUT2D eigenvalue weighted by atomic mass is 9.86. The van der Waals surface area contributed by atoms with Crippen LogP contribution in [0.2, 0.25) is 0 Å². The molecule has 2 aromatic rings. The predicted molar refractivity (Wildman–Crippen MR) is 115 cm³/mol. The van der Waals surface area contributed by atoms with E-state index in [-0.39, 0.29) is 30.5 Å². The number of alkyl halides is 6. The van der Waals surface area contributed by atoms with E-state index in [0.717, 1.165) is 0 Å². The van der Waals surface area contributed by atoms with Gasteiger partial charge in [-0.1, -0.05) is 6.07 Å². The van der Waals surface area contributed by atoms with Gasteiger partial charge in [-0.15, -0.1) is 0 Å². The minimum atomic E-state index is -5.02. The van der Waals surface area contributed by atoms with Crippen LogP contribution in [0.15, 0.2) is 42.6 Å². The topological polar surface area (TPSA) is 83.1 Å². The maximum atomic E-state index is 13.0. The van der Waals surface area contributed by atoms with Gasteiger partial charge >= 0.3 is 12.4 Å². The van der Waals surface area contributed by atoms with Crippen molar-refractivity contribution in [1.29, 1.82) is 0 Å². The largest absolute Gasteiger partial charge is 0.416 e. The van der Waals surface area contributed by atoms with Crippen molar-refractivity contribution >= 4 is 17.6 Å². The van der Waals surface area contributed by atoms with E-state index in [1.807, 2.05) is 0 Å². The number of amides is 2. The molecule has 35 heavy (non-hydrogen) atoms. The summed E-state index contributed by atoms with van der Waals surface area (Å²) in [7, 11) is 0. The molecule has 6 nitrogen and oxygen atoms in total. The molecule has 2 amide bonds. The quantitative estimate of drug-likeness (QED) is 0.482. The van der Waals surface area contributed by atoms with Gasteiger partial charge in [-0.3, -0.25) is 9.59 Å². The highest BCUT2D eigenvalue weighted by atomic mass is 19.4. The average molecular weight is 502 g/mol. The first-order chi connectivity index (χ1) is 16.4. The summed E-state index contributed by atoms with van der Waals surface area (Å²) in [5, 5.41) is 8.26. The summed E-state index contributed by atoms with van der Waals surface area (Å²) in [6, 6.07) is 5.62. The molecular weight excluding hydrogens is 478 g/mol. The molecule has 1 saturated carbocycles. The van der Waals surface area contributed by atoms with Crippen LogP contribution in [-0.2, 0) is 17.1 Å². The normalized spacial score (nSPS) is 18.7. The summed E-state index contributed by atoms with van der Waals surface area (Å²) in [5.74, 6) is -0.562. The Bertz CT molecular complexity index is 987. The van der Waals surface area contributed by atoms with Crippen molar-refractivity contribution < 1.29 is 35.9 Å². The monoisotopic (exact) mass is 502 g/mol. The number of nitrogens with one attached hydrogen (secondary N) is 3. The Kier molecular flexibility index (Phi) is 8.36. The third-order valence-corrected chi connectivity index (χ3v) is 5.68. The van der Waals surface area contributed by atoms with Crippen molar-refractivity contribution in [3.05, 3.63) is 59.3 Å². The smallest absolute Gasteiger partial charge is 0.349 e. The SMILES string of the molecule is O=C(CNCC1CCC(NC(=O)c2cc(C(F)(F)F)cc(C(F)(F)F)c2)CC1)Nc1ccccn1. The molecule has 190 valence electrons. The highest BCUT2D eigenvalue weighted by molar-refractivity contribution is 5.95. The van der Waals surface area contributed by atoms with E-state index in [2.05, 4.69) is 20.9 Å². The molecule has 3 rings (SSSR count). The Morgan fingerprint density at radius 3 is 2.09 bits per heavy atom. The Labute approximate surface area is 197 Å². The molecule has 0 unspecified atom stereocenters. The first-order valence-corrected chi connectivity index (χ1v) is 10.9. The Morgan fingerprint density at radius 2 is 1.54 bits per heavy atom. The highest BCUT2D eigenvalue weighted by Gasteiger charge is 2.37. The maximum Gasteiger partial charge on any atom is 0.416 e. The van der Waals surface area contributed by atoms with Gasteiger partial charge in [0.1, 0.15) is 5.82 Å². The first-order valence-electron chi connectivity index (χ1n) is 10.9. The summed E-state index contributed by atoms with van der Waals surface area (Å²) in [6.45, 7) is 0.642. The standard InChI is InChI=1S/C23H24F6N4O2/c24-22(25,26)16-9-15(10-17(11-16)23(27,28)29)21(35)32-18-6-4-14(5-7-18)12-30-13-20(34)33-19-3-1-2-8-31-19/h1-3,8-11,14,18,30H,4-7,12-13H2,(H,32,35)(H,31,33,34). The first kappa shape index (κ1) is 26.5. The number of rotatable bonds is 7. The third-order valence-electron chi connectivity index (χ3n) is 5.68. The van der Waals surface area contributed by atoms with Crippen LogP contribution in [0.4, 0.5) is 32.2 Å². The van der Waals surface area contributed by atoms with Gasteiger partial charge in [0.25, 0.3) is 5.91 Å². The summed E-state index contributed by atoms with van der Waals surface area (Å²) < 4.78 is 78.2. The van der Waals surface area contributed by atoms with Gasteiger partial charge in [0.05, 0.1) is 17.7 Å². The van der Waals surface area contributed by atoms with Gasteiger partial charge in [0.2, 0.25) is 5.91 Å². The van der Waals surface area contributed by atoms with Gasteiger partial charge in [-0.2, -0.15) is 26.3 Å². The molecule has 1 heterocycles. The molecule has 0 bridgehead atoms. The number of hydrogen-bond donors (Lipinski definition) is 3. The number of anilines is 1. The van der Waals surface area contributed by atoms with Crippen LogP contribution < -0.4 is 16.0 Å². The maximum absolute atomic E-state index is 13.0. The number of benzene rings is 1. The van der Waals surface area contributed by atoms with E-state index in [1.165, 1.54) is 0 Å². The van der Waals surface area contributed by atoms with Gasteiger partial charge in [-0.25, -0.2) is 4.98 Å². The lowest BCUT2D eigenvalue weighted by molar-refractivity contribution is -0.143. The Morgan fingerprint density at radius 1 is 0.914 bits per heavy atom. The summed E-state index contributed by atoms with van der Waals surface area (Å²) in [5.41, 5.74) is -3.74. The van der Waals surface area contributed by atoms with Crippen molar-refractivity contribution in [3.63, 3.8) is 0 Å². The zero-order chi connectivity index (χ0) is 25.6. The summed E-state index contributed by atoms with van der Waals surface area (Å²) >= 11 is 0. The van der Waals surface area contributed by atoms with Crippen molar-refractivity contribution in [2.75, 3.05) is 18.4 Å². The predicted octanol–water partition coefficient (Wildman–Crippen LogP) is 4.64. The molecule has 0 atom stereocenters. The number of hydrogen-bond acceptors (Lipinski definition) is 4. The summed E-state index contributed by atoms with van der Waals surface area (Å²) in [6.07, 6.45) is -6.09. The minimum Gasteiger partial charge on any atom is -0.349 e. The van der Waals surface area contributed by atoms with Crippen molar-refractivity contribution in [3.8, 4) is 0 Å². The van der Waals surface area contributed by atoms with Crippen molar-refractivity contribution in [2.24, 2.45) is 5.92 Å². The molecule has 0 radical (unpaired) electrons. The van der Waals surface area contributed by atoms with Crippen LogP contribution in [0, 0.1) is 5.92 Å². The fourth-order valence-electron chi connectivity index (χ4n) is 3.88. The number of aromatic nitrogens is 1. The van der Waals surface area contributed by atoms with E-state index < -0.39 is 35.0 Å². The van der Waals surface area contributed by atoms with E-state index in [1.54, 1.807) is 24.4 Å². The highest BCUT2D eigenvalue weighted by Crippen LogP contribution is 2.36. The zero-order valence-electron chi connectivity index (χ0n) is 18.5. The van der Waals surface area contributed by atoms with Gasteiger partial charge in [-0.05, 0) is 68.5 Å². The van der Waals surface area contributed by atoms with E-state index in [0.29, 0.717) is 50.2 Å². The number of carbonyl (C=O) groups is 2. The third kappa shape index (κ3) is 7.94. The van der Waals surface area contributed by atoms with Crippen LogP contribution in [0.3, 0.4) is 0 Å². The van der Waals surface area contributed by atoms with Crippen LogP contribution in [0.25, 0.3) is 0 Å². The number of halogens is 6. The molecule has 0 saturated heterocycles. The average Bonchev–Trinajstić information content (AvgIpc) is 2.79. The van der Waals surface area contributed by atoms with Crippen LogP contribution in [0.1, 0.15) is 47.2 Å². The van der Waals surface area contributed by atoms with Crippen LogP contribution >= 0.6 is 0 Å². The molecule has 3 N–H and O–H groups in total. The molecule has 1 aliphatic rings. The lowest BCUT2D eigenvalue weighted by Crippen LogP contribution is -2.40. The second-order valence-electron chi connectivity index (χ2n) is 8.38. The molecular formula is C23H24F6N4O2. The zero-order valence-corrected chi connectivity index (χ0v) is 18.5. The Balaban J connectivity index is 1.47. The Hall–Kier alpha value is -3.15. The lowest BCUT2D eigenvalue weighted by Gasteiger charge is -2.29. The minimum absolute atomic E-state index is 0.00832. The summed E-state index contributed by atoms with van der Waals surface area (Å²) in [4.78, 5) is 28.4. The molecule has 1 aliphatic carbocycles. The second kappa shape index (κ2) is 11.1. The van der Waals surface area contributed by atoms with Gasteiger partial charge < -0.3 is 16.0 Å². The fourth-order valence-corrected chi connectivity index (χ4v) is 3.88. The van der Waals surface area contributed by atoms with Crippen molar-refractivity contribution in [2.45, 2.75) is 44.1 Å². The second-order valence-corrected chi connectivity index (χ2v) is 8.38. The van der Waals surface area contributed by atoms with Crippen LogP contribution in [-0.4, -0.2) is 35.9 Å². The molecule has 1 fully saturated rings. The number of pyridine rings is 1. The number of nitrogens with zero attached hydrogens (tertiary/aromatic N) is 1. The molecule has 12 heteroatoms. The number of carbonyl (C=O) groups excluding carboxylic acids is 2. The van der Waals surface area contributed by atoms with Crippen LogP contribution in [0.5, 0.6) is 0 Å². The van der Waals surface area contributed by atoms with E-state index in [4.69, 9.17) is 0 Å². The van der Waals surface area contributed by atoms with Crippen molar-refractivity contribution in [1.82, 2.24) is 15.6 Å². The van der Waals surface area contributed by atoms with Gasteiger partial charge in [0.15, 0.2) is 0 Å². The molecule has 0 aliphatic heterocycles. The molecule has 1 aromatic carbocycles. The van der Waals surface area contributed by atoms with Gasteiger partial charge in [0, 0.05) is 17.8 Å². The molecule has 0 spiro atoms.